The van der Waals surface area contributed by atoms with Crippen LogP contribution in [0.15, 0.2) is 90.1 Å². The minimum atomic E-state index is -0.181. The molecule has 0 radical (unpaired) electrons. The lowest BCUT2D eigenvalue weighted by Crippen LogP contribution is -2.43. The Morgan fingerprint density at radius 1 is 0.939 bits per heavy atom. The van der Waals surface area contributed by atoms with Crippen molar-refractivity contribution in [3.8, 4) is 0 Å². The quantitative estimate of drug-likeness (QED) is 0.552. The Bertz CT molecular complexity index is 1070. The van der Waals surface area contributed by atoms with Gasteiger partial charge in [0.25, 0.3) is 0 Å². The van der Waals surface area contributed by atoms with Crippen molar-refractivity contribution in [3.63, 3.8) is 0 Å². The molecule has 0 aliphatic carbocycles. The van der Waals surface area contributed by atoms with Crippen molar-refractivity contribution < 1.29 is 9.63 Å². The van der Waals surface area contributed by atoms with Crippen LogP contribution >= 0.6 is 0 Å². The van der Waals surface area contributed by atoms with E-state index in [-0.39, 0.29) is 12.1 Å². The van der Waals surface area contributed by atoms with Gasteiger partial charge >= 0.3 is 6.03 Å². The molecule has 6 heteroatoms. The molecule has 0 fully saturated rings. The van der Waals surface area contributed by atoms with E-state index in [2.05, 4.69) is 39.6 Å². The summed E-state index contributed by atoms with van der Waals surface area (Å²) in [5.41, 5.74) is 5.24. The van der Waals surface area contributed by atoms with Gasteiger partial charge in [0.2, 0.25) is 0 Å². The number of hydrogen-bond acceptors (Lipinski definition) is 4. The van der Waals surface area contributed by atoms with Crippen LogP contribution in [0.4, 0.5) is 10.5 Å². The number of anilines is 1. The molecule has 0 spiro atoms. The maximum absolute atomic E-state index is 13.1. The first-order valence-electron chi connectivity index (χ1n) is 11.2. The second-order valence-electron chi connectivity index (χ2n) is 8.42. The highest BCUT2D eigenvalue weighted by Gasteiger charge is 2.27. The maximum Gasteiger partial charge on any atom is 0.318 e. The number of benzene rings is 3. The SMILES string of the molecule is CN(C)c1ccc(C2=NOC(CN(Cc3ccccc3)C(=O)NCc3ccccc3)C2)cc1. The summed E-state index contributed by atoms with van der Waals surface area (Å²) in [6, 6.07) is 28.1. The number of carbonyl (C=O) groups excluding carboxylic acids is 1. The molecule has 2 amide bonds. The summed E-state index contributed by atoms with van der Waals surface area (Å²) in [5, 5.41) is 7.36. The van der Waals surface area contributed by atoms with Crippen molar-refractivity contribution in [3.05, 3.63) is 102 Å². The number of urea groups is 1. The van der Waals surface area contributed by atoms with Gasteiger partial charge in [-0.15, -0.1) is 0 Å². The van der Waals surface area contributed by atoms with E-state index in [4.69, 9.17) is 4.84 Å². The summed E-state index contributed by atoms with van der Waals surface area (Å²) in [5.74, 6) is 0. The molecule has 33 heavy (non-hydrogen) atoms. The summed E-state index contributed by atoms with van der Waals surface area (Å²) in [7, 11) is 4.04. The van der Waals surface area contributed by atoms with Gasteiger partial charge in [-0.25, -0.2) is 4.79 Å². The molecule has 1 atom stereocenters. The Labute approximate surface area is 195 Å². The first-order chi connectivity index (χ1) is 16.1. The van der Waals surface area contributed by atoms with Crippen molar-refractivity contribution in [2.75, 3.05) is 25.5 Å². The van der Waals surface area contributed by atoms with Gasteiger partial charge in [0, 0.05) is 39.3 Å². The van der Waals surface area contributed by atoms with Gasteiger partial charge in [-0.05, 0) is 28.8 Å². The normalized spacial score (nSPS) is 14.8. The summed E-state index contributed by atoms with van der Waals surface area (Å²) >= 11 is 0. The molecule has 0 aromatic heterocycles. The van der Waals surface area contributed by atoms with Gasteiger partial charge in [-0.2, -0.15) is 0 Å². The largest absolute Gasteiger partial charge is 0.390 e. The molecule has 1 heterocycles. The lowest BCUT2D eigenvalue weighted by molar-refractivity contribution is 0.0589. The van der Waals surface area contributed by atoms with Crippen LogP contribution < -0.4 is 10.2 Å². The third kappa shape index (κ3) is 6.13. The zero-order valence-corrected chi connectivity index (χ0v) is 19.1. The predicted octanol–water partition coefficient (Wildman–Crippen LogP) is 4.66. The molecule has 4 rings (SSSR count). The van der Waals surface area contributed by atoms with Gasteiger partial charge in [0.1, 0.15) is 0 Å². The Morgan fingerprint density at radius 3 is 2.21 bits per heavy atom. The number of oxime groups is 1. The molecule has 1 aliphatic heterocycles. The van der Waals surface area contributed by atoms with Crippen LogP contribution in [0.25, 0.3) is 0 Å². The molecule has 0 saturated heterocycles. The van der Waals surface area contributed by atoms with E-state index in [1.165, 1.54) is 0 Å². The Morgan fingerprint density at radius 2 is 1.58 bits per heavy atom. The Hall–Kier alpha value is -3.80. The molecule has 0 saturated carbocycles. The highest BCUT2D eigenvalue weighted by atomic mass is 16.6. The highest BCUT2D eigenvalue weighted by Crippen LogP contribution is 2.21. The summed E-state index contributed by atoms with van der Waals surface area (Å²) in [6.07, 6.45) is 0.484. The van der Waals surface area contributed by atoms with E-state index in [1.807, 2.05) is 74.8 Å². The van der Waals surface area contributed by atoms with Crippen LogP contribution in [0.5, 0.6) is 0 Å². The number of nitrogens with zero attached hydrogens (tertiary/aromatic N) is 3. The molecular weight excluding hydrogens is 412 g/mol. The standard InChI is InChI=1S/C27H30N4O2/c1-30(2)24-15-13-23(14-16-24)26-17-25(33-29-26)20-31(19-22-11-7-4-8-12-22)27(32)28-18-21-9-5-3-6-10-21/h3-16,25H,17-20H2,1-2H3,(H,28,32). The van der Waals surface area contributed by atoms with Gasteiger partial charge < -0.3 is 20.0 Å². The minimum absolute atomic E-state index is 0.116. The topological polar surface area (TPSA) is 57.2 Å². The van der Waals surface area contributed by atoms with Gasteiger partial charge in [0.05, 0.1) is 12.3 Å². The zero-order valence-electron chi connectivity index (χ0n) is 19.1. The molecule has 3 aromatic carbocycles. The van der Waals surface area contributed by atoms with Crippen molar-refractivity contribution in [1.29, 1.82) is 0 Å². The number of carbonyl (C=O) groups is 1. The lowest BCUT2D eigenvalue weighted by atomic mass is 10.0. The fourth-order valence-corrected chi connectivity index (χ4v) is 3.80. The summed E-state index contributed by atoms with van der Waals surface area (Å²) in [4.78, 5) is 22.7. The average molecular weight is 443 g/mol. The number of hydrogen-bond donors (Lipinski definition) is 1. The molecule has 170 valence electrons. The lowest BCUT2D eigenvalue weighted by Gasteiger charge is -2.25. The number of amides is 2. The summed E-state index contributed by atoms with van der Waals surface area (Å²) < 4.78 is 0. The van der Waals surface area contributed by atoms with E-state index >= 15 is 0 Å². The van der Waals surface area contributed by atoms with Crippen LogP contribution in [-0.2, 0) is 17.9 Å². The first-order valence-corrected chi connectivity index (χ1v) is 11.2. The molecule has 0 bridgehead atoms. The molecular formula is C27H30N4O2. The number of nitrogens with one attached hydrogen (secondary N) is 1. The van der Waals surface area contributed by atoms with E-state index < -0.39 is 0 Å². The van der Waals surface area contributed by atoms with Gasteiger partial charge in [-0.1, -0.05) is 78.0 Å². The van der Waals surface area contributed by atoms with Crippen molar-refractivity contribution in [1.82, 2.24) is 10.2 Å². The van der Waals surface area contributed by atoms with Crippen LogP contribution in [-0.4, -0.2) is 43.4 Å². The fourth-order valence-electron chi connectivity index (χ4n) is 3.80. The van der Waals surface area contributed by atoms with Gasteiger partial charge in [-0.3, -0.25) is 0 Å². The van der Waals surface area contributed by atoms with E-state index in [9.17, 15) is 4.79 Å². The van der Waals surface area contributed by atoms with Crippen LogP contribution in [0.2, 0.25) is 0 Å². The van der Waals surface area contributed by atoms with Gasteiger partial charge in [0.15, 0.2) is 6.10 Å². The van der Waals surface area contributed by atoms with E-state index in [0.29, 0.717) is 26.1 Å². The highest BCUT2D eigenvalue weighted by molar-refractivity contribution is 6.01. The van der Waals surface area contributed by atoms with Crippen LogP contribution in [0.1, 0.15) is 23.1 Å². The molecule has 6 nitrogen and oxygen atoms in total. The smallest absolute Gasteiger partial charge is 0.318 e. The fraction of sp³-hybridized carbons (Fsp3) is 0.259. The van der Waals surface area contributed by atoms with E-state index in [1.54, 1.807) is 4.90 Å². The first kappa shape index (κ1) is 22.4. The second-order valence-corrected chi connectivity index (χ2v) is 8.42. The number of rotatable bonds is 8. The predicted molar refractivity (Wildman–Crippen MR) is 132 cm³/mol. The Balaban J connectivity index is 1.40. The van der Waals surface area contributed by atoms with Crippen molar-refractivity contribution in [2.45, 2.75) is 25.6 Å². The third-order valence-corrected chi connectivity index (χ3v) is 5.66. The Kier molecular flexibility index (Phi) is 7.25. The molecule has 1 aliphatic rings. The zero-order chi connectivity index (χ0) is 23.0. The molecule has 3 aromatic rings. The second kappa shape index (κ2) is 10.7. The van der Waals surface area contributed by atoms with Crippen molar-refractivity contribution >= 4 is 17.4 Å². The van der Waals surface area contributed by atoms with Crippen molar-refractivity contribution in [2.24, 2.45) is 5.16 Å². The van der Waals surface area contributed by atoms with Crippen LogP contribution in [0, 0.1) is 0 Å². The molecule has 1 unspecified atom stereocenters. The van der Waals surface area contributed by atoms with Crippen LogP contribution in [0.3, 0.4) is 0 Å². The molecule has 1 N–H and O–H groups in total. The monoisotopic (exact) mass is 442 g/mol. The third-order valence-electron chi connectivity index (χ3n) is 5.66. The van der Waals surface area contributed by atoms with E-state index in [0.717, 1.165) is 28.1 Å². The summed E-state index contributed by atoms with van der Waals surface area (Å²) in [6.45, 7) is 1.45. The average Bonchev–Trinajstić information content (AvgIpc) is 3.32. The maximum atomic E-state index is 13.1. The minimum Gasteiger partial charge on any atom is -0.390 e.